The van der Waals surface area contributed by atoms with E-state index in [4.69, 9.17) is 9.15 Å². The zero-order valence-corrected chi connectivity index (χ0v) is 13.3. The number of amidine groups is 1. The number of nitrogens with one attached hydrogen (secondary N) is 1. The summed E-state index contributed by atoms with van der Waals surface area (Å²) in [7, 11) is 0. The molecule has 0 unspecified atom stereocenters. The number of aliphatic imine (C=N–C) groups is 1. The Labute approximate surface area is 140 Å². The molecular formula is C18H19N3O3. The Kier molecular flexibility index (Phi) is 5.40. The number of rotatable bonds is 4. The van der Waals surface area contributed by atoms with Crippen LogP contribution in [0.2, 0.25) is 0 Å². The predicted molar refractivity (Wildman–Crippen MR) is 91.6 cm³/mol. The van der Waals surface area contributed by atoms with Crippen LogP contribution in [-0.4, -0.2) is 24.6 Å². The SMILES string of the molecule is O=C(Oc1ccc(/C=N/NC2=NCCCCC2)cc1)c1ccco1. The molecule has 124 valence electrons. The summed E-state index contributed by atoms with van der Waals surface area (Å²) in [6.45, 7) is 0.869. The Morgan fingerprint density at radius 2 is 2.08 bits per heavy atom. The molecule has 0 fully saturated rings. The van der Waals surface area contributed by atoms with Gasteiger partial charge in [0.2, 0.25) is 5.76 Å². The highest BCUT2D eigenvalue weighted by Gasteiger charge is 2.10. The summed E-state index contributed by atoms with van der Waals surface area (Å²) in [5.74, 6) is 1.05. The van der Waals surface area contributed by atoms with Crippen molar-refractivity contribution >= 4 is 18.0 Å². The third-order valence-electron chi connectivity index (χ3n) is 3.59. The van der Waals surface area contributed by atoms with E-state index in [1.54, 1.807) is 30.5 Å². The normalized spacial score (nSPS) is 14.9. The summed E-state index contributed by atoms with van der Waals surface area (Å²) >= 11 is 0. The number of hydrazone groups is 1. The van der Waals surface area contributed by atoms with E-state index in [9.17, 15) is 4.79 Å². The van der Waals surface area contributed by atoms with Gasteiger partial charge in [0.05, 0.1) is 12.5 Å². The first-order chi connectivity index (χ1) is 11.8. The van der Waals surface area contributed by atoms with E-state index in [2.05, 4.69) is 15.5 Å². The molecule has 0 atom stereocenters. The summed E-state index contributed by atoms with van der Waals surface area (Å²) in [6, 6.07) is 10.3. The number of carbonyl (C=O) groups excluding carboxylic acids is 1. The van der Waals surface area contributed by atoms with E-state index >= 15 is 0 Å². The van der Waals surface area contributed by atoms with Gasteiger partial charge in [-0.25, -0.2) is 4.79 Å². The van der Waals surface area contributed by atoms with E-state index in [-0.39, 0.29) is 5.76 Å². The lowest BCUT2D eigenvalue weighted by Crippen LogP contribution is -2.17. The summed E-state index contributed by atoms with van der Waals surface area (Å²) in [6.07, 6.45) is 7.60. The average molecular weight is 325 g/mol. The zero-order valence-electron chi connectivity index (χ0n) is 13.3. The zero-order chi connectivity index (χ0) is 16.6. The van der Waals surface area contributed by atoms with Gasteiger partial charge in [0.25, 0.3) is 0 Å². The van der Waals surface area contributed by atoms with Gasteiger partial charge in [0.15, 0.2) is 0 Å². The van der Waals surface area contributed by atoms with Gasteiger partial charge < -0.3 is 9.15 Å². The van der Waals surface area contributed by atoms with Crippen LogP contribution >= 0.6 is 0 Å². The minimum atomic E-state index is -0.519. The molecule has 1 aliphatic rings. The van der Waals surface area contributed by atoms with E-state index in [0.29, 0.717) is 5.75 Å². The molecule has 6 heteroatoms. The molecular weight excluding hydrogens is 306 g/mol. The van der Waals surface area contributed by atoms with E-state index in [1.165, 1.54) is 12.7 Å². The molecule has 1 aliphatic heterocycles. The van der Waals surface area contributed by atoms with Crippen LogP contribution in [0, 0.1) is 0 Å². The van der Waals surface area contributed by atoms with Crippen LogP contribution < -0.4 is 10.2 Å². The van der Waals surface area contributed by atoms with Crippen molar-refractivity contribution in [1.29, 1.82) is 0 Å². The highest BCUT2D eigenvalue weighted by Crippen LogP contribution is 2.14. The molecule has 3 rings (SSSR count). The molecule has 0 aliphatic carbocycles. The molecule has 0 saturated carbocycles. The lowest BCUT2D eigenvalue weighted by Gasteiger charge is -2.03. The van der Waals surface area contributed by atoms with Gasteiger partial charge in [-0.2, -0.15) is 5.10 Å². The molecule has 1 N–H and O–H groups in total. The molecule has 0 spiro atoms. The summed E-state index contributed by atoms with van der Waals surface area (Å²) in [4.78, 5) is 16.2. The number of benzene rings is 1. The minimum absolute atomic E-state index is 0.175. The minimum Gasteiger partial charge on any atom is -0.457 e. The molecule has 0 bridgehead atoms. The van der Waals surface area contributed by atoms with Crippen molar-refractivity contribution in [1.82, 2.24) is 5.43 Å². The Morgan fingerprint density at radius 3 is 2.88 bits per heavy atom. The first-order valence-electron chi connectivity index (χ1n) is 7.99. The molecule has 24 heavy (non-hydrogen) atoms. The number of hydrogen-bond acceptors (Lipinski definition) is 6. The van der Waals surface area contributed by atoms with Crippen LogP contribution in [0.15, 0.2) is 57.2 Å². The second-order valence-corrected chi connectivity index (χ2v) is 5.44. The van der Waals surface area contributed by atoms with Gasteiger partial charge in [-0.1, -0.05) is 6.42 Å². The van der Waals surface area contributed by atoms with Crippen molar-refractivity contribution in [2.24, 2.45) is 10.1 Å². The number of nitrogens with zero attached hydrogens (tertiary/aromatic N) is 2. The number of esters is 1. The third kappa shape index (κ3) is 4.55. The Morgan fingerprint density at radius 1 is 1.21 bits per heavy atom. The predicted octanol–water partition coefficient (Wildman–Crippen LogP) is 3.39. The van der Waals surface area contributed by atoms with Crippen LogP contribution in [0.5, 0.6) is 5.75 Å². The van der Waals surface area contributed by atoms with Crippen molar-refractivity contribution in [2.75, 3.05) is 6.54 Å². The maximum atomic E-state index is 11.8. The number of carbonyl (C=O) groups is 1. The quantitative estimate of drug-likeness (QED) is 0.404. The van der Waals surface area contributed by atoms with Gasteiger partial charge in [0.1, 0.15) is 11.6 Å². The van der Waals surface area contributed by atoms with Gasteiger partial charge in [-0.15, -0.1) is 0 Å². The van der Waals surface area contributed by atoms with Gasteiger partial charge in [-0.3, -0.25) is 10.4 Å². The van der Waals surface area contributed by atoms with Crippen LogP contribution in [0.3, 0.4) is 0 Å². The van der Waals surface area contributed by atoms with E-state index in [0.717, 1.165) is 37.2 Å². The van der Waals surface area contributed by atoms with Crippen molar-refractivity contribution in [3.63, 3.8) is 0 Å². The standard InChI is InChI=1S/C18H19N3O3/c22-18(16-5-4-12-23-16)24-15-9-7-14(8-10-15)13-20-21-17-6-2-1-3-11-19-17/h4-5,7-10,12-13H,1-3,6,11H2,(H,19,21)/b20-13+. The summed E-state index contributed by atoms with van der Waals surface area (Å²) in [5, 5.41) is 4.21. The maximum absolute atomic E-state index is 11.8. The van der Waals surface area contributed by atoms with E-state index < -0.39 is 5.97 Å². The lowest BCUT2D eigenvalue weighted by molar-refractivity contribution is 0.0701. The fourth-order valence-corrected chi connectivity index (χ4v) is 2.32. The monoisotopic (exact) mass is 325 g/mol. The molecule has 1 aromatic carbocycles. The number of hydrogen-bond donors (Lipinski definition) is 1. The Bertz CT molecular complexity index is 718. The Hall–Kier alpha value is -2.89. The third-order valence-corrected chi connectivity index (χ3v) is 3.59. The maximum Gasteiger partial charge on any atom is 0.379 e. The largest absolute Gasteiger partial charge is 0.457 e. The Balaban J connectivity index is 1.53. The first-order valence-corrected chi connectivity index (χ1v) is 7.99. The highest BCUT2D eigenvalue weighted by molar-refractivity contribution is 5.88. The topological polar surface area (TPSA) is 76.2 Å². The number of ether oxygens (including phenoxy) is 1. The smallest absolute Gasteiger partial charge is 0.379 e. The fourth-order valence-electron chi connectivity index (χ4n) is 2.32. The van der Waals surface area contributed by atoms with Crippen LogP contribution in [0.4, 0.5) is 0 Å². The van der Waals surface area contributed by atoms with Gasteiger partial charge >= 0.3 is 5.97 Å². The molecule has 0 amide bonds. The van der Waals surface area contributed by atoms with Crippen LogP contribution in [0.25, 0.3) is 0 Å². The second kappa shape index (κ2) is 8.10. The second-order valence-electron chi connectivity index (χ2n) is 5.44. The average Bonchev–Trinajstić information content (AvgIpc) is 3.02. The molecule has 1 aromatic heterocycles. The molecule has 6 nitrogen and oxygen atoms in total. The van der Waals surface area contributed by atoms with E-state index in [1.807, 2.05) is 12.1 Å². The highest BCUT2D eigenvalue weighted by atomic mass is 16.5. The molecule has 2 heterocycles. The van der Waals surface area contributed by atoms with Crippen molar-refractivity contribution < 1.29 is 13.9 Å². The van der Waals surface area contributed by atoms with Crippen molar-refractivity contribution in [2.45, 2.75) is 25.7 Å². The summed E-state index contributed by atoms with van der Waals surface area (Å²) < 4.78 is 10.2. The van der Waals surface area contributed by atoms with Crippen LogP contribution in [0.1, 0.15) is 41.8 Å². The molecule has 0 saturated heterocycles. The first kappa shape index (κ1) is 16.0. The molecule has 2 aromatic rings. The van der Waals surface area contributed by atoms with Crippen molar-refractivity contribution in [3.05, 3.63) is 54.0 Å². The van der Waals surface area contributed by atoms with Gasteiger partial charge in [0, 0.05) is 13.0 Å². The van der Waals surface area contributed by atoms with Crippen molar-refractivity contribution in [3.8, 4) is 5.75 Å². The molecule has 0 radical (unpaired) electrons. The number of furan rings is 1. The fraction of sp³-hybridized carbons (Fsp3) is 0.278. The van der Waals surface area contributed by atoms with Crippen LogP contribution in [-0.2, 0) is 0 Å². The van der Waals surface area contributed by atoms with Gasteiger partial charge in [-0.05, 0) is 54.8 Å². The lowest BCUT2D eigenvalue weighted by atomic mass is 10.2. The summed E-state index contributed by atoms with van der Waals surface area (Å²) in [5.41, 5.74) is 3.89.